The molecule has 0 spiro atoms. The monoisotopic (exact) mass is 318 g/mol. The normalized spacial score (nSPS) is 24.0. The molecule has 0 amide bonds. The van der Waals surface area contributed by atoms with E-state index in [0.29, 0.717) is 25.4 Å². The fourth-order valence-corrected chi connectivity index (χ4v) is 2.70. The molecule has 2 atom stereocenters. The molecule has 0 aromatic carbocycles. The zero-order valence-corrected chi connectivity index (χ0v) is 13.3. The molecule has 0 bridgehead atoms. The van der Waals surface area contributed by atoms with Gasteiger partial charge in [-0.05, 0) is 12.1 Å². The van der Waals surface area contributed by atoms with Gasteiger partial charge in [0.25, 0.3) is 0 Å². The molecule has 0 radical (unpaired) electrons. The van der Waals surface area contributed by atoms with Crippen molar-refractivity contribution in [3.63, 3.8) is 0 Å². The summed E-state index contributed by atoms with van der Waals surface area (Å²) in [6, 6.07) is 3.61. The third kappa shape index (κ3) is 4.27. The van der Waals surface area contributed by atoms with Gasteiger partial charge in [-0.15, -0.1) is 0 Å². The Balaban J connectivity index is 1.92. The second-order valence-corrected chi connectivity index (χ2v) is 7.51. The standard InChI is InChI=1S/C13H22N2O5S/c1-14(21(3,17)18)6-10-4-5-11(20-10)7-15-8-12(16)13(9-15)19-2/h4-5,12-13,16H,6-9H2,1-3H3/t12-,13-/m0/s1. The number of aliphatic hydroxyl groups excluding tert-OH is 1. The van der Waals surface area contributed by atoms with Crippen LogP contribution in [0.4, 0.5) is 0 Å². The fourth-order valence-electron chi connectivity index (χ4n) is 2.34. The molecule has 2 heterocycles. The summed E-state index contributed by atoms with van der Waals surface area (Å²) < 4.78 is 34.8. The lowest BCUT2D eigenvalue weighted by atomic mass is 10.3. The van der Waals surface area contributed by atoms with Crippen LogP contribution in [0.15, 0.2) is 16.5 Å². The average molecular weight is 318 g/mol. The van der Waals surface area contributed by atoms with E-state index in [1.807, 2.05) is 11.0 Å². The molecule has 0 unspecified atom stereocenters. The zero-order valence-electron chi connectivity index (χ0n) is 12.5. The average Bonchev–Trinajstić information content (AvgIpc) is 2.95. The van der Waals surface area contributed by atoms with Crippen LogP contribution in [0.1, 0.15) is 11.5 Å². The van der Waals surface area contributed by atoms with Crippen molar-refractivity contribution >= 4 is 10.0 Å². The van der Waals surface area contributed by atoms with E-state index in [2.05, 4.69) is 0 Å². The van der Waals surface area contributed by atoms with Crippen LogP contribution in [0, 0.1) is 0 Å². The van der Waals surface area contributed by atoms with Crippen molar-refractivity contribution < 1.29 is 22.7 Å². The van der Waals surface area contributed by atoms with E-state index in [-0.39, 0.29) is 12.6 Å². The largest absolute Gasteiger partial charge is 0.463 e. The number of hydrogen-bond donors (Lipinski definition) is 1. The number of ether oxygens (including phenoxy) is 1. The van der Waals surface area contributed by atoms with Gasteiger partial charge in [0.1, 0.15) is 11.5 Å². The van der Waals surface area contributed by atoms with Crippen molar-refractivity contribution in [2.24, 2.45) is 0 Å². The van der Waals surface area contributed by atoms with Crippen molar-refractivity contribution in [3.8, 4) is 0 Å². The molecule has 0 aliphatic carbocycles. The Morgan fingerprint density at radius 3 is 2.67 bits per heavy atom. The summed E-state index contributed by atoms with van der Waals surface area (Å²) in [6.45, 7) is 1.97. The number of aliphatic hydroxyl groups is 1. The second kappa shape index (κ2) is 6.45. The van der Waals surface area contributed by atoms with Crippen molar-refractivity contribution in [2.45, 2.75) is 25.3 Å². The molecular formula is C13H22N2O5S. The molecule has 1 saturated heterocycles. The molecule has 1 fully saturated rings. The van der Waals surface area contributed by atoms with Crippen LogP contribution in [0.3, 0.4) is 0 Å². The Bertz CT molecular complexity index is 571. The van der Waals surface area contributed by atoms with E-state index >= 15 is 0 Å². The lowest BCUT2D eigenvalue weighted by Gasteiger charge is -2.13. The summed E-state index contributed by atoms with van der Waals surface area (Å²) in [6.07, 6.45) is 0.504. The molecule has 1 aliphatic heterocycles. The smallest absolute Gasteiger partial charge is 0.211 e. The first-order valence-corrected chi connectivity index (χ1v) is 8.56. The Kier molecular flexibility index (Phi) is 5.05. The highest BCUT2D eigenvalue weighted by atomic mass is 32.2. The van der Waals surface area contributed by atoms with Crippen LogP contribution in [-0.4, -0.2) is 68.4 Å². The van der Waals surface area contributed by atoms with E-state index in [9.17, 15) is 13.5 Å². The highest BCUT2D eigenvalue weighted by Gasteiger charge is 2.31. The highest BCUT2D eigenvalue weighted by Crippen LogP contribution is 2.18. The predicted octanol–water partition coefficient (Wildman–Crippen LogP) is -0.137. The Labute approximate surface area is 125 Å². The number of furan rings is 1. The number of methoxy groups -OCH3 is 1. The van der Waals surface area contributed by atoms with Crippen LogP contribution < -0.4 is 0 Å². The summed E-state index contributed by atoms with van der Waals surface area (Å²) in [5, 5.41) is 9.78. The molecule has 1 aromatic heterocycles. The predicted molar refractivity (Wildman–Crippen MR) is 77.1 cm³/mol. The summed E-state index contributed by atoms with van der Waals surface area (Å²) in [5.41, 5.74) is 0. The first-order valence-electron chi connectivity index (χ1n) is 6.71. The Morgan fingerprint density at radius 2 is 2.10 bits per heavy atom. The molecule has 21 heavy (non-hydrogen) atoms. The third-order valence-electron chi connectivity index (χ3n) is 3.66. The highest BCUT2D eigenvalue weighted by molar-refractivity contribution is 7.88. The van der Waals surface area contributed by atoms with Crippen molar-refractivity contribution in [3.05, 3.63) is 23.7 Å². The quantitative estimate of drug-likeness (QED) is 0.786. The fraction of sp³-hybridized carbons (Fsp3) is 0.692. The van der Waals surface area contributed by atoms with E-state index in [1.54, 1.807) is 13.2 Å². The van der Waals surface area contributed by atoms with Crippen LogP contribution in [0.5, 0.6) is 0 Å². The number of β-amino-alcohol motifs (C(OH)–C–C–N with tert-alkyl or cyclic N) is 1. The molecule has 120 valence electrons. The topological polar surface area (TPSA) is 83.2 Å². The van der Waals surface area contributed by atoms with Gasteiger partial charge in [-0.3, -0.25) is 4.90 Å². The summed E-state index contributed by atoms with van der Waals surface area (Å²) in [4.78, 5) is 2.04. The maximum atomic E-state index is 11.4. The first-order chi connectivity index (χ1) is 9.79. The third-order valence-corrected chi connectivity index (χ3v) is 4.92. The zero-order chi connectivity index (χ0) is 15.6. The molecule has 1 aromatic rings. The van der Waals surface area contributed by atoms with Gasteiger partial charge in [0.15, 0.2) is 0 Å². The van der Waals surface area contributed by atoms with Crippen LogP contribution >= 0.6 is 0 Å². The lowest BCUT2D eigenvalue weighted by Crippen LogP contribution is -2.25. The maximum Gasteiger partial charge on any atom is 0.211 e. The van der Waals surface area contributed by atoms with E-state index in [4.69, 9.17) is 9.15 Å². The number of sulfonamides is 1. The van der Waals surface area contributed by atoms with Gasteiger partial charge in [-0.25, -0.2) is 8.42 Å². The van der Waals surface area contributed by atoms with Gasteiger partial charge in [0.2, 0.25) is 10.0 Å². The SMILES string of the molecule is CO[C@H]1CN(Cc2ccc(CN(C)S(C)(=O)=O)o2)C[C@@H]1O. The summed E-state index contributed by atoms with van der Waals surface area (Å²) in [7, 11) is -0.121. The maximum absolute atomic E-state index is 11.4. The van der Waals surface area contributed by atoms with Gasteiger partial charge in [-0.2, -0.15) is 4.31 Å². The molecule has 0 saturated carbocycles. The molecule has 8 heteroatoms. The number of nitrogens with zero attached hydrogens (tertiary/aromatic N) is 2. The molecule has 1 aliphatic rings. The van der Waals surface area contributed by atoms with Crippen molar-refractivity contribution in [1.29, 1.82) is 0 Å². The molecule has 2 rings (SSSR count). The number of rotatable bonds is 6. The van der Waals surface area contributed by atoms with Gasteiger partial charge in [-0.1, -0.05) is 0 Å². The Hall–Kier alpha value is -0.930. The lowest BCUT2D eigenvalue weighted by molar-refractivity contribution is 0.0214. The van der Waals surface area contributed by atoms with E-state index in [0.717, 1.165) is 12.0 Å². The van der Waals surface area contributed by atoms with Crippen molar-refractivity contribution in [1.82, 2.24) is 9.21 Å². The van der Waals surface area contributed by atoms with E-state index < -0.39 is 16.1 Å². The van der Waals surface area contributed by atoms with Crippen LogP contribution in [-0.2, 0) is 27.8 Å². The molecule has 1 N–H and O–H groups in total. The number of hydrogen-bond acceptors (Lipinski definition) is 6. The Morgan fingerprint density at radius 1 is 1.43 bits per heavy atom. The first kappa shape index (κ1) is 16.4. The van der Waals surface area contributed by atoms with E-state index in [1.165, 1.54) is 11.4 Å². The summed E-state index contributed by atoms with van der Waals surface area (Å²) in [5.74, 6) is 1.34. The minimum atomic E-state index is -3.22. The molecular weight excluding hydrogens is 296 g/mol. The van der Waals surface area contributed by atoms with Gasteiger partial charge in [0.05, 0.1) is 31.6 Å². The molecule has 7 nitrogen and oxygen atoms in total. The van der Waals surface area contributed by atoms with Crippen molar-refractivity contribution in [2.75, 3.05) is 33.5 Å². The van der Waals surface area contributed by atoms with Gasteiger partial charge in [0, 0.05) is 27.2 Å². The summed E-state index contributed by atoms with van der Waals surface area (Å²) >= 11 is 0. The van der Waals surface area contributed by atoms with Crippen LogP contribution in [0.2, 0.25) is 0 Å². The number of likely N-dealkylation sites (tertiary alicyclic amines) is 1. The van der Waals surface area contributed by atoms with Gasteiger partial charge < -0.3 is 14.3 Å². The van der Waals surface area contributed by atoms with Gasteiger partial charge >= 0.3 is 0 Å². The van der Waals surface area contributed by atoms with Crippen LogP contribution in [0.25, 0.3) is 0 Å². The second-order valence-electron chi connectivity index (χ2n) is 5.42. The minimum absolute atomic E-state index is 0.171. The minimum Gasteiger partial charge on any atom is -0.463 e.